The molecule has 3 aromatic carbocycles. The maximum Gasteiger partial charge on any atom is 0.137 e. The Labute approximate surface area is 229 Å². The first-order chi connectivity index (χ1) is 18.5. The summed E-state index contributed by atoms with van der Waals surface area (Å²) in [5.41, 5.74) is 3.32. The summed E-state index contributed by atoms with van der Waals surface area (Å²) >= 11 is 10.9. The lowest BCUT2D eigenvalue weighted by Crippen LogP contribution is -1.70. The molecule has 0 unspecified atom stereocenters. The molecule has 5 rings (SSSR count). The Morgan fingerprint density at radius 3 is 1.08 bits per heavy atom. The van der Waals surface area contributed by atoms with Crippen molar-refractivity contribution in [2.24, 2.45) is 20.5 Å². The van der Waals surface area contributed by atoms with E-state index in [9.17, 15) is 0 Å². The number of azo groups is 2. The third kappa shape index (κ3) is 10.1. The molecule has 0 spiro atoms. The van der Waals surface area contributed by atoms with Crippen LogP contribution in [0.1, 0.15) is 0 Å². The van der Waals surface area contributed by atoms with E-state index in [2.05, 4.69) is 30.4 Å². The molecule has 38 heavy (non-hydrogen) atoms. The highest BCUT2D eigenvalue weighted by atomic mass is 35.5. The molecule has 0 aliphatic rings. The number of halogens is 2. The van der Waals surface area contributed by atoms with Gasteiger partial charge in [-0.1, -0.05) is 59.6 Å². The van der Waals surface area contributed by atoms with Gasteiger partial charge in [0.25, 0.3) is 0 Å². The minimum Gasteiger partial charge on any atom is -0.506 e. The summed E-state index contributed by atoms with van der Waals surface area (Å²) in [4.78, 5) is 7.80. The van der Waals surface area contributed by atoms with Gasteiger partial charge in [-0.15, -0.1) is 0 Å². The van der Waals surface area contributed by atoms with E-state index >= 15 is 0 Å². The second-order valence-electron chi connectivity index (χ2n) is 7.24. The monoisotopic (exact) mass is 544 g/mol. The molecule has 0 aliphatic carbocycles. The van der Waals surface area contributed by atoms with Gasteiger partial charge in [-0.3, -0.25) is 9.97 Å². The summed E-state index contributed by atoms with van der Waals surface area (Å²) in [5, 5.41) is 34.3. The first kappa shape index (κ1) is 27.9. The number of aromatic nitrogens is 2. The number of rotatable bonds is 4. The van der Waals surface area contributed by atoms with Crippen molar-refractivity contribution >= 4 is 46.0 Å². The minimum atomic E-state index is -0.177. The fourth-order valence-corrected chi connectivity index (χ4v) is 2.95. The van der Waals surface area contributed by atoms with Gasteiger partial charge in [0.1, 0.15) is 11.5 Å². The summed E-state index contributed by atoms with van der Waals surface area (Å²) < 4.78 is 0. The van der Waals surface area contributed by atoms with Crippen LogP contribution in [0.2, 0.25) is 10.0 Å². The molecule has 0 amide bonds. The number of phenols is 2. The van der Waals surface area contributed by atoms with Crippen LogP contribution in [0.4, 0.5) is 22.7 Å². The van der Waals surface area contributed by atoms with Gasteiger partial charge >= 0.3 is 0 Å². The van der Waals surface area contributed by atoms with Crippen molar-refractivity contribution in [3.63, 3.8) is 0 Å². The van der Waals surface area contributed by atoms with Crippen molar-refractivity contribution < 1.29 is 10.2 Å². The van der Waals surface area contributed by atoms with Crippen LogP contribution in [0.3, 0.4) is 0 Å². The van der Waals surface area contributed by atoms with Crippen LogP contribution in [0.15, 0.2) is 142 Å². The second-order valence-corrected chi connectivity index (χ2v) is 8.05. The third-order valence-corrected chi connectivity index (χ3v) is 5.02. The summed E-state index contributed by atoms with van der Waals surface area (Å²) in [6, 6.07) is 28.9. The number of hydrogen-bond donors (Lipinski definition) is 2. The van der Waals surface area contributed by atoms with Crippen LogP contribution in [-0.4, -0.2) is 20.2 Å². The highest BCUT2D eigenvalue weighted by Gasteiger charge is 2.03. The maximum atomic E-state index is 8.87. The quantitative estimate of drug-likeness (QED) is 0.219. The van der Waals surface area contributed by atoms with Crippen LogP contribution in [0, 0.1) is 0 Å². The number of hydrogen-bond acceptors (Lipinski definition) is 8. The van der Waals surface area contributed by atoms with Gasteiger partial charge in [0.05, 0.1) is 32.8 Å². The Morgan fingerprint density at radius 1 is 0.447 bits per heavy atom. The Hall–Kier alpha value is -4.66. The van der Waals surface area contributed by atoms with Gasteiger partial charge in [-0.05, 0) is 54.6 Å². The topological polar surface area (TPSA) is 116 Å². The highest BCUT2D eigenvalue weighted by molar-refractivity contribution is 6.36. The van der Waals surface area contributed by atoms with Crippen molar-refractivity contribution in [3.05, 3.63) is 132 Å². The van der Waals surface area contributed by atoms with Crippen LogP contribution < -0.4 is 0 Å². The molecular weight excluding hydrogens is 523 g/mol. The van der Waals surface area contributed by atoms with E-state index < -0.39 is 0 Å². The average Bonchev–Trinajstić information content (AvgIpc) is 2.97. The highest BCUT2D eigenvalue weighted by Crippen LogP contribution is 2.33. The largest absolute Gasteiger partial charge is 0.506 e. The Morgan fingerprint density at radius 2 is 0.763 bits per heavy atom. The van der Waals surface area contributed by atoms with Gasteiger partial charge in [0, 0.05) is 30.9 Å². The van der Waals surface area contributed by atoms with Gasteiger partial charge in [-0.25, -0.2) is 0 Å². The first-order valence-corrected chi connectivity index (χ1v) is 11.9. The molecule has 0 bridgehead atoms. The SMILES string of the molecule is Oc1cc(O)c(Cl)cc1Cl.c1ccc(N=Nc2ccncc2)cc1.c1ccc(N=Nc2ccncc2)cc1. The van der Waals surface area contributed by atoms with E-state index in [0.29, 0.717) is 0 Å². The standard InChI is InChI=1S/2C11H9N3.C6H4Cl2O2/c2*1-2-4-10(5-3-1)13-14-11-6-8-12-9-7-11;7-3-1-4(8)6(10)2-5(3)9/h2*1-9H;1-2,9-10H. The predicted molar refractivity (Wildman–Crippen MR) is 150 cm³/mol. The molecule has 0 fully saturated rings. The molecule has 0 saturated carbocycles. The second kappa shape index (κ2) is 15.5. The summed E-state index contributed by atoms with van der Waals surface area (Å²) in [6.45, 7) is 0. The van der Waals surface area contributed by atoms with Crippen molar-refractivity contribution in [2.45, 2.75) is 0 Å². The molecule has 0 aliphatic heterocycles. The molecule has 0 saturated heterocycles. The van der Waals surface area contributed by atoms with Crippen LogP contribution >= 0.6 is 23.2 Å². The maximum absolute atomic E-state index is 8.87. The zero-order valence-corrected chi connectivity index (χ0v) is 21.4. The summed E-state index contributed by atoms with van der Waals surface area (Å²) in [6.07, 6.45) is 6.78. The average molecular weight is 545 g/mol. The molecule has 5 aromatic rings. The Balaban J connectivity index is 0.000000161. The van der Waals surface area contributed by atoms with Crippen LogP contribution in [0.5, 0.6) is 11.5 Å². The predicted octanol–water partition coefficient (Wildman–Crippen LogP) is 9.40. The number of phenolic OH excluding ortho intramolecular Hbond substituents is 2. The molecule has 0 radical (unpaired) electrons. The number of aromatic hydroxyl groups is 2. The molecule has 8 nitrogen and oxygen atoms in total. The number of nitrogens with zero attached hydrogens (tertiary/aromatic N) is 6. The first-order valence-electron chi connectivity index (χ1n) is 11.1. The van der Waals surface area contributed by atoms with E-state index in [0.717, 1.165) is 28.8 Å². The molecule has 190 valence electrons. The summed E-state index contributed by atoms with van der Waals surface area (Å²) in [5.74, 6) is -0.355. The van der Waals surface area contributed by atoms with E-state index in [1.54, 1.807) is 24.8 Å². The molecule has 2 heterocycles. The van der Waals surface area contributed by atoms with Crippen LogP contribution in [-0.2, 0) is 0 Å². The van der Waals surface area contributed by atoms with Gasteiger partial charge < -0.3 is 10.2 Å². The van der Waals surface area contributed by atoms with Crippen molar-refractivity contribution in [3.8, 4) is 11.5 Å². The van der Waals surface area contributed by atoms with E-state index in [4.69, 9.17) is 33.4 Å². The van der Waals surface area contributed by atoms with Crippen molar-refractivity contribution in [2.75, 3.05) is 0 Å². The van der Waals surface area contributed by atoms with E-state index in [1.165, 1.54) is 6.07 Å². The molecule has 10 heteroatoms. The molecule has 0 atom stereocenters. The van der Waals surface area contributed by atoms with E-state index in [-0.39, 0.29) is 21.5 Å². The normalized spacial score (nSPS) is 10.4. The van der Waals surface area contributed by atoms with Gasteiger partial charge in [0.15, 0.2) is 0 Å². The van der Waals surface area contributed by atoms with Gasteiger partial charge in [0.2, 0.25) is 0 Å². The number of benzene rings is 3. The van der Waals surface area contributed by atoms with Crippen molar-refractivity contribution in [1.82, 2.24) is 9.97 Å². The Kier molecular flexibility index (Phi) is 11.4. The lowest BCUT2D eigenvalue weighted by molar-refractivity contribution is 0.451. The van der Waals surface area contributed by atoms with E-state index in [1.807, 2.05) is 84.9 Å². The lowest BCUT2D eigenvalue weighted by Gasteiger charge is -1.98. The number of pyridine rings is 2. The fourth-order valence-electron chi connectivity index (χ4n) is 2.57. The van der Waals surface area contributed by atoms with Crippen LogP contribution in [0.25, 0.3) is 0 Å². The summed E-state index contributed by atoms with van der Waals surface area (Å²) in [7, 11) is 0. The molecular formula is C28H22Cl2N6O2. The van der Waals surface area contributed by atoms with Gasteiger partial charge in [-0.2, -0.15) is 20.5 Å². The third-order valence-electron chi connectivity index (χ3n) is 4.42. The molecule has 2 aromatic heterocycles. The zero-order valence-electron chi connectivity index (χ0n) is 19.9. The van der Waals surface area contributed by atoms with Crippen molar-refractivity contribution in [1.29, 1.82) is 0 Å². The smallest absolute Gasteiger partial charge is 0.137 e. The molecule has 2 N–H and O–H groups in total. The Bertz CT molecular complexity index is 1220. The zero-order chi connectivity index (χ0) is 27.0. The fraction of sp³-hybridized carbons (Fsp3) is 0. The minimum absolute atomic E-state index is 0.128. The lowest BCUT2D eigenvalue weighted by atomic mass is 10.3.